The molecule has 1 aliphatic rings. The number of nitrogens with zero attached hydrogens (tertiary/aromatic N) is 2. The maximum atomic E-state index is 12.4. The molecule has 2 N–H and O–H groups in total. The van der Waals surface area contributed by atoms with Gasteiger partial charge in [-0.15, -0.1) is 0 Å². The SMILES string of the molecule is CC(C)(C)c1cc(C(=O)N2CCCC2CC(=O)O)n[nH]1. The summed E-state index contributed by atoms with van der Waals surface area (Å²) in [7, 11) is 0. The van der Waals surface area contributed by atoms with Gasteiger partial charge in [0, 0.05) is 23.7 Å². The molecule has 20 heavy (non-hydrogen) atoms. The van der Waals surface area contributed by atoms with E-state index >= 15 is 0 Å². The number of rotatable bonds is 3. The number of amides is 1. The number of hydrogen-bond acceptors (Lipinski definition) is 3. The summed E-state index contributed by atoms with van der Waals surface area (Å²) >= 11 is 0. The lowest BCUT2D eigenvalue weighted by Crippen LogP contribution is -2.37. The highest BCUT2D eigenvalue weighted by molar-refractivity contribution is 5.93. The lowest BCUT2D eigenvalue weighted by molar-refractivity contribution is -0.137. The molecule has 0 aromatic carbocycles. The van der Waals surface area contributed by atoms with Crippen LogP contribution in [0.15, 0.2) is 6.07 Å². The fourth-order valence-corrected chi connectivity index (χ4v) is 2.48. The molecule has 110 valence electrons. The number of carboxylic acids is 1. The summed E-state index contributed by atoms with van der Waals surface area (Å²) < 4.78 is 0. The summed E-state index contributed by atoms with van der Waals surface area (Å²) in [6.07, 6.45) is 1.59. The third-order valence-electron chi connectivity index (χ3n) is 3.65. The lowest BCUT2D eigenvalue weighted by atomic mass is 9.92. The lowest BCUT2D eigenvalue weighted by Gasteiger charge is -2.22. The van der Waals surface area contributed by atoms with Gasteiger partial charge in [0.1, 0.15) is 5.69 Å². The quantitative estimate of drug-likeness (QED) is 0.883. The van der Waals surface area contributed by atoms with Crippen molar-refractivity contribution in [2.24, 2.45) is 0 Å². The number of aromatic amines is 1. The second kappa shape index (κ2) is 5.26. The third-order valence-corrected chi connectivity index (χ3v) is 3.65. The van der Waals surface area contributed by atoms with Crippen LogP contribution < -0.4 is 0 Å². The number of carboxylic acid groups (broad SMARTS) is 1. The van der Waals surface area contributed by atoms with Crippen LogP contribution in [0.5, 0.6) is 0 Å². The Bertz CT molecular complexity index is 516. The molecule has 1 amide bonds. The highest BCUT2D eigenvalue weighted by Crippen LogP contribution is 2.24. The topological polar surface area (TPSA) is 86.3 Å². The van der Waals surface area contributed by atoms with Gasteiger partial charge in [0.25, 0.3) is 5.91 Å². The Morgan fingerprint density at radius 1 is 1.50 bits per heavy atom. The number of carbonyl (C=O) groups is 2. The van der Waals surface area contributed by atoms with E-state index in [1.807, 2.05) is 20.8 Å². The number of aliphatic carboxylic acids is 1. The van der Waals surface area contributed by atoms with Crippen LogP contribution in [0.4, 0.5) is 0 Å². The minimum atomic E-state index is -0.868. The van der Waals surface area contributed by atoms with E-state index in [1.54, 1.807) is 11.0 Å². The monoisotopic (exact) mass is 279 g/mol. The second-order valence-corrected chi connectivity index (χ2v) is 6.31. The molecule has 0 bridgehead atoms. The second-order valence-electron chi connectivity index (χ2n) is 6.31. The van der Waals surface area contributed by atoms with Crippen molar-refractivity contribution in [1.82, 2.24) is 15.1 Å². The van der Waals surface area contributed by atoms with Crippen LogP contribution in [-0.2, 0) is 10.2 Å². The number of aromatic nitrogens is 2. The van der Waals surface area contributed by atoms with Crippen LogP contribution in [0, 0.1) is 0 Å². The van der Waals surface area contributed by atoms with E-state index in [2.05, 4.69) is 10.2 Å². The Balaban J connectivity index is 2.14. The van der Waals surface area contributed by atoms with Crippen LogP contribution in [0.3, 0.4) is 0 Å². The van der Waals surface area contributed by atoms with Crippen molar-refractivity contribution in [3.8, 4) is 0 Å². The number of H-pyrrole nitrogens is 1. The number of nitrogens with one attached hydrogen (secondary N) is 1. The largest absolute Gasteiger partial charge is 0.481 e. The van der Waals surface area contributed by atoms with E-state index in [4.69, 9.17) is 5.11 Å². The summed E-state index contributed by atoms with van der Waals surface area (Å²) in [5, 5.41) is 15.9. The van der Waals surface area contributed by atoms with Gasteiger partial charge in [-0.2, -0.15) is 5.10 Å². The van der Waals surface area contributed by atoms with Crippen molar-refractivity contribution in [3.05, 3.63) is 17.5 Å². The average Bonchev–Trinajstić information content (AvgIpc) is 2.94. The molecule has 1 saturated heterocycles. The zero-order valence-corrected chi connectivity index (χ0v) is 12.1. The molecule has 0 spiro atoms. The predicted molar refractivity (Wildman–Crippen MR) is 73.6 cm³/mol. The van der Waals surface area contributed by atoms with Crippen molar-refractivity contribution < 1.29 is 14.7 Å². The summed E-state index contributed by atoms with van der Waals surface area (Å²) in [6.45, 7) is 6.72. The van der Waals surface area contributed by atoms with Crippen molar-refractivity contribution in [1.29, 1.82) is 0 Å². The van der Waals surface area contributed by atoms with E-state index in [9.17, 15) is 9.59 Å². The molecule has 1 aromatic rings. The van der Waals surface area contributed by atoms with E-state index in [-0.39, 0.29) is 23.8 Å². The van der Waals surface area contributed by atoms with Crippen molar-refractivity contribution in [3.63, 3.8) is 0 Å². The molecule has 1 unspecified atom stereocenters. The molecule has 0 saturated carbocycles. The molecule has 1 aromatic heterocycles. The summed E-state index contributed by atoms with van der Waals surface area (Å²) in [6, 6.07) is 1.55. The van der Waals surface area contributed by atoms with Crippen molar-refractivity contribution in [2.45, 2.75) is 51.5 Å². The van der Waals surface area contributed by atoms with Crippen molar-refractivity contribution in [2.75, 3.05) is 6.54 Å². The van der Waals surface area contributed by atoms with Crippen LogP contribution in [0.25, 0.3) is 0 Å². The molecule has 1 fully saturated rings. The van der Waals surface area contributed by atoms with Gasteiger partial charge in [-0.05, 0) is 18.9 Å². The molecule has 2 heterocycles. The Morgan fingerprint density at radius 2 is 2.20 bits per heavy atom. The first-order valence-electron chi connectivity index (χ1n) is 6.87. The highest BCUT2D eigenvalue weighted by Gasteiger charge is 2.32. The van der Waals surface area contributed by atoms with Gasteiger partial charge in [0.05, 0.1) is 6.42 Å². The minimum Gasteiger partial charge on any atom is -0.481 e. The van der Waals surface area contributed by atoms with Crippen LogP contribution >= 0.6 is 0 Å². The molecule has 6 nitrogen and oxygen atoms in total. The zero-order chi connectivity index (χ0) is 14.9. The Morgan fingerprint density at radius 3 is 2.75 bits per heavy atom. The summed E-state index contributed by atoms with van der Waals surface area (Å²) in [5.41, 5.74) is 1.17. The van der Waals surface area contributed by atoms with E-state index in [1.165, 1.54) is 0 Å². The summed E-state index contributed by atoms with van der Waals surface area (Å²) in [4.78, 5) is 24.9. The number of carbonyl (C=O) groups excluding carboxylic acids is 1. The summed E-state index contributed by atoms with van der Waals surface area (Å²) in [5.74, 6) is -1.05. The molecule has 0 aliphatic carbocycles. The van der Waals surface area contributed by atoms with Gasteiger partial charge in [-0.25, -0.2) is 0 Å². The van der Waals surface area contributed by atoms with E-state index in [0.29, 0.717) is 12.2 Å². The Labute approximate surface area is 118 Å². The molecular formula is C14H21N3O3. The fraction of sp³-hybridized carbons (Fsp3) is 0.643. The fourth-order valence-electron chi connectivity index (χ4n) is 2.48. The standard InChI is InChI=1S/C14H21N3O3/c1-14(2,3)11-8-10(15-16-11)13(20)17-6-4-5-9(17)7-12(18)19/h8-9H,4-7H2,1-3H3,(H,15,16)(H,18,19). The van der Waals surface area contributed by atoms with Crippen LogP contribution in [-0.4, -0.2) is 44.7 Å². The average molecular weight is 279 g/mol. The smallest absolute Gasteiger partial charge is 0.305 e. The zero-order valence-electron chi connectivity index (χ0n) is 12.1. The molecule has 6 heteroatoms. The first-order chi connectivity index (χ1) is 9.29. The van der Waals surface area contributed by atoms with Gasteiger partial charge in [-0.3, -0.25) is 14.7 Å². The molecule has 1 atom stereocenters. The maximum Gasteiger partial charge on any atom is 0.305 e. The number of hydrogen-bond donors (Lipinski definition) is 2. The van der Waals surface area contributed by atoms with Gasteiger partial charge in [0.2, 0.25) is 0 Å². The van der Waals surface area contributed by atoms with Gasteiger partial charge < -0.3 is 10.0 Å². The third kappa shape index (κ3) is 3.00. The normalized spacial score (nSPS) is 19.4. The predicted octanol–water partition coefficient (Wildman–Crippen LogP) is 1.79. The van der Waals surface area contributed by atoms with Gasteiger partial charge in [-0.1, -0.05) is 20.8 Å². The minimum absolute atomic E-state index is 0.00227. The van der Waals surface area contributed by atoms with Crippen LogP contribution in [0.1, 0.15) is 56.2 Å². The first kappa shape index (κ1) is 14.6. The van der Waals surface area contributed by atoms with Gasteiger partial charge >= 0.3 is 5.97 Å². The Kier molecular flexibility index (Phi) is 3.83. The molecular weight excluding hydrogens is 258 g/mol. The molecule has 0 radical (unpaired) electrons. The molecule has 2 rings (SSSR count). The van der Waals surface area contributed by atoms with Crippen LogP contribution in [0.2, 0.25) is 0 Å². The number of likely N-dealkylation sites (tertiary alicyclic amines) is 1. The van der Waals surface area contributed by atoms with E-state index < -0.39 is 5.97 Å². The first-order valence-corrected chi connectivity index (χ1v) is 6.87. The maximum absolute atomic E-state index is 12.4. The Hall–Kier alpha value is -1.85. The molecule has 1 aliphatic heterocycles. The van der Waals surface area contributed by atoms with E-state index in [0.717, 1.165) is 18.5 Å². The van der Waals surface area contributed by atoms with Crippen molar-refractivity contribution >= 4 is 11.9 Å². The highest BCUT2D eigenvalue weighted by atomic mass is 16.4. The van der Waals surface area contributed by atoms with Gasteiger partial charge in [0.15, 0.2) is 0 Å².